The molecule has 2 rings (SSSR count). The van der Waals surface area contributed by atoms with Gasteiger partial charge in [-0.15, -0.1) is 0 Å². The van der Waals surface area contributed by atoms with Crippen molar-refractivity contribution in [3.8, 4) is 0 Å². The number of rotatable bonds is 3. The fourth-order valence-corrected chi connectivity index (χ4v) is 3.63. The summed E-state index contributed by atoms with van der Waals surface area (Å²) in [5.41, 5.74) is -0.131. The number of hydrogen-bond donors (Lipinski definition) is 2. The van der Waals surface area contributed by atoms with Gasteiger partial charge in [0.25, 0.3) is 5.91 Å². The lowest BCUT2D eigenvalue weighted by atomic mass is 9.97. The molecule has 1 aliphatic rings. The van der Waals surface area contributed by atoms with Crippen molar-refractivity contribution in [3.05, 3.63) is 34.3 Å². The predicted molar refractivity (Wildman–Crippen MR) is 78.0 cm³/mol. The van der Waals surface area contributed by atoms with Gasteiger partial charge in [0.1, 0.15) is 0 Å². The summed E-state index contributed by atoms with van der Waals surface area (Å²) in [4.78, 5) is 12.0. The highest BCUT2D eigenvalue weighted by Gasteiger charge is 2.30. The number of carbonyl (C=O) groups excluding carboxylic acids is 1. The number of benzene rings is 1. The number of nitrogens with one attached hydrogen (secondary N) is 1. The molecule has 0 bridgehead atoms. The lowest BCUT2D eigenvalue weighted by Crippen LogP contribution is -2.45. The summed E-state index contributed by atoms with van der Waals surface area (Å²) in [6, 6.07) is 7.29. The molecular formula is C13H16BrNO2S. The third-order valence-corrected chi connectivity index (χ3v) is 4.80. The SMILES string of the molecule is O=C(NCC1(O)CCSCC1)c1ccccc1Br. The molecule has 0 atom stereocenters. The van der Waals surface area contributed by atoms with E-state index >= 15 is 0 Å². The lowest BCUT2D eigenvalue weighted by Gasteiger charge is -2.31. The van der Waals surface area contributed by atoms with E-state index in [1.54, 1.807) is 6.07 Å². The minimum Gasteiger partial charge on any atom is -0.388 e. The fraction of sp³-hybridized carbons (Fsp3) is 0.462. The molecule has 0 aromatic heterocycles. The maximum atomic E-state index is 12.0. The van der Waals surface area contributed by atoms with Gasteiger partial charge in [0, 0.05) is 11.0 Å². The Bertz CT molecular complexity index is 433. The molecular weight excluding hydrogens is 314 g/mol. The first-order chi connectivity index (χ1) is 8.61. The summed E-state index contributed by atoms with van der Waals surface area (Å²) in [6.45, 7) is 0.327. The minimum atomic E-state index is -0.734. The quantitative estimate of drug-likeness (QED) is 0.895. The largest absolute Gasteiger partial charge is 0.388 e. The first-order valence-electron chi connectivity index (χ1n) is 5.94. The zero-order chi connectivity index (χ0) is 13.0. The Kier molecular flexibility index (Phi) is 4.70. The Morgan fingerprint density at radius 1 is 1.39 bits per heavy atom. The van der Waals surface area contributed by atoms with Crippen LogP contribution in [0.3, 0.4) is 0 Å². The predicted octanol–water partition coefficient (Wildman–Crippen LogP) is 2.44. The average Bonchev–Trinajstić information content (AvgIpc) is 2.38. The molecule has 1 saturated heterocycles. The molecule has 98 valence electrons. The van der Waals surface area contributed by atoms with E-state index in [1.165, 1.54) is 0 Å². The molecule has 1 heterocycles. The van der Waals surface area contributed by atoms with Crippen molar-refractivity contribution in [3.63, 3.8) is 0 Å². The lowest BCUT2D eigenvalue weighted by molar-refractivity contribution is 0.0311. The van der Waals surface area contributed by atoms with Crippen LogP contribution in [0, 0.1) is 0 Å². The van der Waals surface area contributed by atoms with Crippen LogP contribution in [0.2, 0.25) is 0 Å². The fourth-order valence-electron chi connectivity index (χ4n) is 1.91. The average molecular weight is 330 g/mol. The highest BCUT2D eigenvalue weighted by atomic mass is 79.9. The van der Waals surface area contributed by atoms with E-state index in [4.69, 9.17) is 0 Å². The minimum absolute atomic E-state index is 0.144. The molecule has 1 aliphatic heterocycles. The Morgan fingerprint density at radius 2 is 2.06 bits per heavy atom. The molecule has 5 heteroatoms. The van der Waals surface area contributed by atoms with Crippen molar-refractivity contribution in [2.45, 2.75) is 18.4 Å². The molecule has 18 heavy (non-hydrogen) atoms. The van der Waals surface area contributed by atoms with Gasteiger partial charge in [0.05, 0.1) is 11.2 Å². The standard InChI is InChI=1S/C13H16BrNO2S/c14-11-4-2-1-3-10(11)12(16)15-9-13(17)5-7-18-8-6-13/h1-4,17H,5-9H2,(H,15,16). The second kappa shape index (κ2) is 6.08. The van der Waals surface area contributed by atoms with Gasteiger partial charge >= 0.3 is 0 Å². The Morgan fingerprint density at radius 3 is 2.72 bits per heavy atom. The van der Waals surface area contributed by atoms with Crippen molar-refractivity contribution in [1.29, 1.82) is 0 Å². The molecule has 0 radical (unpaired) electrons. The zero-order valence-electron chi connectivity index (χ0n) is 9.99. The second-order valence-electron chi connectivity index (χ2n) is 4.50. The number of amides is 1. The first-order valence-corrected chi connectivity index (χ1v) is 7.88. The smallest absolute Gasteiger partial charge is 0.252 e. The van der Waals surface area contributed by atoms with Crippen molar-refractivity contribution < 1.29 is 9.90 Å². The number of aliphatic hydroxyl groups is 1. The van der Waals surface area contributed by atoms with Crippen LogP contribution in [0.5, 0.6) is 0 Å². The molecule has 1 aromatic rings. The second-order valence-corrected chi connectivity index (χ2v) is 6.58. The van der Waals surface area contributed by atoms with Crippen molar-refractivity contribution >= 4 is 33.6 Å². The van der Waals surface area contributed by atoms with Crippen LogP contribution in [-0.2, 0) is 0 Å². The third-order valence-electron chi connectivity index (χ3n) is 3.12. The highest BCUT2D eigenvalue weighted by Crippen LogP contribution is 2.26. The molecule has 1 aromatic carbocycles. The topological polar surface area (TPSA) is 49.3 Å². The van der Waals surface area contributed by atoms with E-state index in [1.807, 2.05) is 30.0 Å². The number of thioether (sulfide) groups is 1. The summed E-state index contributed by atoms with van der Waals surface area (Å²) < 4.78 is 0.772. The molecule has 1 fully saturated rings. The van der Waals surface area contributed by atoms with E-state index in [2.05, 4.69) is 21.2 Å². The summed E-state index contributed by atoms with van der Waals surface area (Å²) in [5, 5.41) is 13.1. The molecule has 3 nitrogen and oxygen atoms in total. The van der Waals surface area contributed by atoms with Gasteiger partial charge in [-0.2, -0.15) is 11.8 Å². The van der Waals surface area contributed by atoms with Crippen LogP contribution in [-0.4, -0.2) is 34.7 Å². The summed E-state index contributed by atoms with van der Waals surface area (Å²) in [6.07, 6.45) is 1.49. The third kappa shape index (κ3) is 3.49. The molecule has 0 spiro atoms. The van der Waals surface area contributed by atoms with E-state index in [0.717, 1.165) is 28.8 Å². The van der Waals surface area contributed by atoms with Gasteiger partial charge in [-0.25, -0.2) is 0 Å². The highest BCUT2D eigenvalue weighted by molar-refractivity contribution is 9.10. The van der Waals surface area contributed by atoms with Crippen LogP contribution in [0.15, 0.2) is 28.7 Å². The molecule has 2 N–H and O–H groups in total. The molecule has 0 unspecified atom stereocenters. The van der Waals surface area contributed by atoms with Gasteiger partial charge in [-0.1, -0.05) is 12.1 Å². The van der Waals surface area contributed by atoms with E-state index in [0.29, 0.717) is 12.1 Å². The summed E-state index contributed by atoms with van der Waals surface area (Å²) >= 11 is 5.20. The van der Waals surface area contributed by atoms with Crippen molar-refractivity contribution in [1.82, 2.24) is 5.32 Å². The normalized spacial score (nSPS) is 18.3. The summed E-state index contributed by atoms with van der Waals surface area (Å²) in [7, 11) is 0. The van der Waals surface area contributed by atoms with Gasteiger partial charge in [-0.05, 0) is 52.4 Å². The maximum Gasteiger partial charge on any atom is 0.252 e. The molecule has 1 amide bonds. The maximum absolute atomic E-state index is 12.0. The van der Waals surface area contributed by atoms with Crippen molar-refractivity contribution in [2.24, 2.45) is 0 Å². The van der Waals surface area contributed by atoms with Crippen molar-refractivity contribution in [2.75, 3.05) is 18.1 Å². The summed E-state index contributed by atoms with van der Waals surface area (Å²) in [5.74, 6) is 1.78. The Labute approximate surface area is 119 Å². The van der Waals surface area contributed by atoms with Crippen LogP contribution in [0.25, 0.3) is 0 Å². The molecule has 0 aliphatic carbocycles. The van der Waals surface area contributed by atoms with E-state index in [9.17, 15) is 9.90 Å². The van der Waals surface area contributed by atoms with Crippen LogP contribution >= 0.6 is 27.7 Å². The van der Waals surface area contributed by atoms with Gasteiger partial charge in [-0.3, -0.25) is 4.79 Å². The monoisotopic (exact) mass is 329 g/mol. The zero-order valence-corrected chi connectivity index (χ0v) is 12.4. The van der Waals surface area contributed by atoms with Crippen LogP contribution in [0.4, 0.5) is 0 Å². The van der Waals surface area contributed by atoms with Gasteiger partial charge in [0.2, 0.25) is 0 Å². The Hall–Kier alpha value is -0.520. The van der Waals surface area contributed by atoms with Crippen LogP contribution in [0.1, 0.15) is 23.2 Å². The number of halogens is 1. The van der Waals surface area contributed by atoms with E-state index < -0.39 is 5.60 Å². The number of hydrogen-bond acceptors (Lipinski definition) is 3. The number of carbonyl (C=O) groups is 1. The Balaban J connectivity index is 1.94. The van der Waals surface area contributed by atoms with E-state index in [-0.39, 0.29) is 5.91 Å². The van der Waals surface area contributed by atoms with Gasteiger partial charge < -0.3 is 10.4 Å². The van der Waals surface area contributed by atoms with Gasteiger partial charge in [0.15, 0.2) is 0 Å². The molecule has 0 saturated carbocycles. The first kappa shape index (κ1) is 13.9. The van der Waals surface area contributed by atoms with Crippen LogP contribution < -0.4 is 5.32 Å².